The van der Waals surface area contributed by atoms with E-state index in [9.17, 15) is 40.4 Å². The molecule has 9 rings (SSSR count). The quantitative estimate of drug-likeness (QED) is 0.139. The van der Waals surface area contributed by atoms with Gasteiger partial charge in [0.15, 0.2) is 16.5 Å². The number of halogens is 4. The molecule has 4 bridgehead atoms. The SMILES string of the molecule is O=C(OC1C2CC3C1OC(=O)C3C2C(=O)Oc1c(F)c(F)c(S(=O)(=O)O)c(F)c1F)C1CC2c3ccccc3C1c1ccccc12. The number of benzene rings is 3. The van der Waals surface area contributed by atoms with Crippen LogP contribution in [0.1, 0.15) is 46.9 Å². The first-order valence-corrected chi connectivity index (χ1v) is 16.0. The Morgan fingerprint density at radius 2 is 1.37 bits per heavy atom. The fraction of sp³-hybridized carbons (Fsp3) is 0.344. The van der Waals surface area contributed by atoms with Crippen LogP contribution in [0.5, 0.6) is 5.75 Å². The van der Waals surface area contributed by atoms with Gasteiger partial charge in [-0.2, -0.15) is 17.2 Å². The normalized spacial score (nSPS) is 31.3. The third-order valence-corrected chi connectivity index (χ3v) is 11.2. The molecule has 5 aliphatic carbocycles. The van der Waals surface area contributed by atoms with Crippen molar-refractivity contribution in [1.29, 1.82) is 0 Å². The summed E-state index contributed by atoms with van der Waals surface area (Å²) in [5.41, 5.74) is 4.26. The van der Waals surface area contributed by atoms with Crippen molar-refractivity contribution in [3.63, 3.8) is 0 Å². The van der Waals surface area contributed by atoms with Gasteiger partial charge < -0.3 is 14.2 Å². The van der Waals surface area contributed by atoms with Crippen LogP contribution in [0.15, 0.2) is 53.4 Å². The first kappa shape index (κ1) is 29.1. The summed E-state index contributed by atoms with van der Waals surface area (Å²) in [6.07, 6.45) is -1.34. The van der Waals surface area contributed by atoms with Crippen LogP contribution in [-0.4, -0.2) is 43.1 Å². The Morgan fingerprint density at radius 1 is 0.804 bits per heavy atom. The zero-order valence-corrected chi connectivity index (χ0v) is 24.2. The van der Waals surface area contributed by atoms with E-state index in [1.807, 2.05) is 48.5 Å². The lowest BCUT2D eigenvalue weighted by Gasteiger charge is -2.45. The lowest BCUT2D eigenvalue weighted by atomic mass is 9.59. The van der Waals surface area contributed by atoms with Gasteiger partial charge in [-0.25, -0.2) is 8.78 Å². The number of hydrogen-bond acceptors (Lipinski definition) is 8. The van der Waals surface area contributed by atoms with Crippen molar-refractivity contribution in [2.75, 3.05) is 0 Å². The van der Waals surface area contributed by atoms with Gasteiger partial charge in [0.25, 0.3) is 0 Å². The largest absolute Gasteiger partial charge is 0.458 e. The van der Waals surface area contributed by atoms with E-state index in [1.165, 1.54) is 0 Å². The standard InChI is InChI=1S/C32H22F4O9S/c33-22-24(35)29(46(40,41)42)25(36)23(34)28(22)45-32(39)21-16-10-17-20(21)31(38)44-27(17)26(16)43-30(37)18-9-15-11-5-1-3-7-13(11)19(18)14-8-4-2-6-12(14)15/h1-8,15-21,26-27H,9-10H2,(H,40,41,42). The van der Waals surface area contributed by atoms with Crippen molar-refractivity contribution in [3.05, 3.63) is 94.1 Å². The predicted octanol–water partition coefficient (Wildman–Crippen LogP) is 4.41. The second-order valence-electron chi connectivity index (χ2n) is 12.4. The molecule has 1 saturated heterocycles. The second-order valence-corrected chi connectivity index (χ2v) is 13.7. The molecule has 3 aromatic carbocycles. The first-order valence-electron chi connectivity index (χ1n) is 14.5. The highest BCUT2D eigenvalue weighted by atomic mass is 32.2. The van der Waals surface area contributed by atoms with E-state index >= 15 is 0 Å². The van der Waals surface area contributed by atoms with Gasteiger partial charge in [0, 0.05) is 23.7 Å². The minimum absolute atomic E-state index is 0.0517. The Hall–Kier alpha value is -4.30. The fourth-order valence-corrected chi connectivity index (χ4v) is 9.27. The summed E-state index contributed by atoms with van der Waals surface area (Å²) in [6.45, 7) is 0. The maximum Gasteiger partial charge on any atom is 0.315 e. The molecule has 1 N–H and O–H groups in total. The Morgan fingerprint density at radius 3 is 1.93 bits per heavy atom. The molecule has 1 aliphatic heterocycles. The third-order valence-electron chi connectivity index (χ3n) is 10.3. The molecule has 7 unspecified atom stereocenters. The van der Waals surface area contributed by atoms with Crippen LogP contribution in [0.2, 0.25) is 0 Å². The number of ether oxygens (including phenoxy) is 3. The maximum absolute atomic E-state index is 14.7. The Balaban J connectivity index is 1.08. The van der Waals surface area contributed by atoms with Gasteiger partial charge in [0.1, 0.15) is 12.2 Å². The Bertz CT molecular complexity index is 1920. The molecule has 0 spiro atoms. The molecule has 7 atom stereocenters. The highest BCUT2D eigenvalue weighted by molar-refractivity contribution is 7.85. The first-order chi connectivity index (χ1) is 21.9. The average Bonchev–Trinajstić information content (AvgIpc) is 3.65. The minimum atomic E-state index is -5.74. The highest BCUT2D eigenvalue weighted by Gasteiger charge is 2.70. The zero-order valence-electron chi connectivity index (χ0n) is 23.4. The molecule has 0 radical (unpaired) electrons. The second kappa shape index (κ2) is 9.85. The Labute approximate surface area is 258 Å². The smallest absolute Gasteiger partial charge is 0.315 e. The molecule has 3 fully saturated rings. The summed E-state index contributed by atoms with van der Waals surface area (Å²) in [7, 11) is -5.74. The van der Waals surface area contributed by atoms with Crippen LogP contribution in [0.25, 0.3) is 0 Å². The van der Waals surface area contributed by atoms with E-state index in [0.717, 1.165) is 22.3 Å². The molecule has 3 aromatic rings. The van der Waals surface area contributed by atoms with E-state index in [0.29, 0.717) is 6.42 Å². The van der Waals surface area contributed by atoms with Crippen LogP contribution < -0.4 is 4.74 Å². The van der Waals surface area contributed by atoms with E-state index < -0.39 is 104 Å². The van der Waals surface area contributed by atoms with Crippen molar-refractivity contribution in [3.8, 4) is 5.75 Å². The lowest BCUT2D eigenvalue weighted by Crippen LogP contribution is -2.46. The Kier molecular flexibility index (Phi) is 6.24. The summed E-state index contributed by atoms with van der Waals surface area (Å²) >= 11 is 0. The summed E-state index contributed by atoms with van der Waals surface area (Å²) in [6, 6.07) is 15.7. The van der Waals surface area contributed by atoms with Crippen LogP contribution in [0.4, 0.5) is 17.6 Å². The monoisotopic (exact) mass is 658 g/mol. The van der Waals surface area contributed by atoms with E-state index in [2.05, 4.69) is 0 Å². The number of carbonyl (C=O) groups is 3. The van der Waals surface area contributed by atoms with Gasteiger partial charge in [-0.05, 0) is 35.1 Å². The molecule has 2 saturated carbocycles. The highest BCUT2D eigenvalue weighted by Crippen LogP contribution is 2.60. The molecule has 9 nitrogen and oxygen atoms in total. The van der Waals surface area contributed by atoms with Gasteiger partial charge in [-0.3, -0.25) is 18.9 Å². The van der Waals surface area contributed by atoms with E-state index in [1.54, 1.807) is 0 Å². The van der Waals surface area contributed by atoms with Gasteiger partial charge in [-0.15, -0.1) is 0 Å². The van der Waals surface area contributed by atoms with Gasteiger partial charge in [0.05, 0.1) is 17.8 Å². The number of fused-ring (bicyclic) bond motifs is 2. The molecule has 6 aliphatic rings. The summed E-state index contributed by atoms with van der Waals surface area (Å²) in [5.74, 6) is -19.5. The van der Waals surface area contributed by atoms with Crippen molar-refractivity contribution < 1.29 is 59.1 Å². The molecule has 0 amide bonds. The van der Waals surface area contributed by atoms with E-state index in [-0.39, 0.29) is 18.3 Å². The lowest BCUT2D eigenvalue weighted by molar-refractivity contribution is -0.169. The average molecular weight is 659 g/mol. The third kappa shape index (κ3) is 3.89. The molecule has 238 valence electrons. The number of hydrogen-bond donors (Lipinski definition) is 1. The van der Waals surface area contributed by atoms with Gasteiger partial charge >= 0.3 is 28.0 Å². The summed E-state index contributed by atoms with van der Waals surface area (Å²) < 4.78 is 106. The minimum Gasteiger partial charge on any atom is -0.458 e. The zero-order chi connectivity index (χ0) is 32.4. The van der Waals surface area contributed by atoms with Crippen LogP contribution in [-0.2, 0) is 34.0 Å². The van der Waals surface area contributed by atoms with Crippen molar-refractivity contribution in [2.45, 2.75) is 41.8 Å². The maximum atomic E-state index is 14.7. The predicted molar refractivity (Wildman–Crippen MR) is 145 cm³/mol. The number of esters is 3. The van der Waals surface area contributed by atoms with Crippen LogP contribution >= 0.6 is 0 Å². The van der Waals surface area contributed by atoms with Gasteiger partial charge in [0.2, 0.25) is 17.4 Å². The molecule has 46 heavy (non-hydrogen) atoms. The van der Waals surface area contributed by atoms with Crippen molar-refractivity contribution >= 4 is 28.0 Å². The number of rotatable bonds is 5. The summed E-state index contributed by atoms with van der Waals surface area (Å²) in [5, 5.41) is 0. The molecular weight excluding hydrogens is 636 g/mol. The number of carbonyl (C=O) groups excluding carboxylic acids is 3. The van der Waals surface area contributed by atoms with Crippen molar-refractivity contribution in [2.24, 2.45) is 29.6 Å². The summed E-state index contributed by atoms with van der Waals surface area (Å²) in [4.78, 5) is 37.8. The fourth-order valence-electron chi connectivity index (χ4n) is 8.63. The van der Waals surface area contributed by atoms with Crippen LogP contribution in [0.3, 0.4) is 0 Å². The van der Waals surface area contributed by atoms with E-state index in [4.69, 9.17) is 18.8 Å². The molecule has 1 heterocycles. The van der Waals surface area contributed by atoms with Crippen molar-refractivity contribution in [1.82, 2.24) is 0 Å². The topological polar surface area (TPSA) is 133 Å². The van der Waals surface area contributed by atoms with Crippen LogP contribution in [0, 0.1) is 52.9 Å². The molecular formula is C32H22F4O9S. The van der Waals surface area contributed by atoms with Gasteiger partial charge in [-0.1, -0.05) is 48.5 Å². The molecule has 0 aromatic heterocycles. The molecule has 14 heteroatoms.